The van der Waals surface area contributed by atoms with E-state index in [1.54, 1.807) is 11.9 Å². The largest absolute Gasteiger partial charge is 0.493 e. The number of benzene rings is 1. The van der Waals surface area contributed by atoms with Crippen LogP contribution >= 0.6 is 0 Å². The highest BCUT2D eigenvalue weighted by Gasteiger charge is 2.85. The number of hydrogen-bond donors (Lipinski definition) is 1. The number of nitrogens with one attached hydrogen (secondary N) is 1. The summed E-state index contributed by atoms with van der Waals surface area (Å²) in [4.78, 5) is 30.8. The Labute approximate surface area is 347 Å². The molecule has 0 bridgehead atoms. The predicted molar refractivity (Wildman–Crippen MR) is 203 cm³/mol. The second-order valence-electron chi connectivity index (χ2n) is 17.0. The molecule has 5 rings (SSSR count). The number of rotatable bonds is 17. The minimum absolute atomic E-state index is 0.00257. The van der Waals surface area contributed by atoms with Gasteiger partial charge in [0.25, 0.3) is 0 Å². The van der Waals surface area contributed by atoms with E-state index in [0.717, 1.165) is 57.2 Å². The number of hydrogen-bond acceptors (Lipinski definition) is 8. The first kappa shape index (κ1) is 48.1. The fourth-order valence-corrected chi connectivity index (χ4v) is 10.3. The molecule has 60 heavy (non-hydrogen) atoms. The third kappa shape index (κ3) is 10.3. The van der Waals surface area contributed by atoms with Gasteiger partial charge in [-0.15, -0.1) is 0 Å². The van der Waals surface area contributed by atoms with Crippen LogP contribution in [0.3, 0.4) is 0 Å². The maximum Gasteiger partial charge on any atom is 0.435 e. The van der Waals surface area contributed by atoms with E-state index in [0.29, 0.717) is 37.3 Å². The second-order valence-corrected chi connectivity index (χ2v) is 17.0. The fourth-order valence-electron chi connectivity index (χ4n) is 10.3. The van der Waals surface area contributed by atoms with Crippen LogP contribution in [0.2, 0.25) is 0 Å². The number of alkyl halides is 9. The van der Waals surface area contributed by atoms with Crippen LogP contribution in [0.25, 0.3) is 0 Å². The highest BCUT2D eigenvalue weighted by atomic mass is 19.4. The van der Waals surface area contributed by atoms with Crippen LogP contribution < -0.4 is 10.1 Å². The van der Waals surface area contributed by atoms with Gasteiger partial charge in [-0.1, -0.05) is 13.0 Å². The number of ether oxygens (including phenoxy) is 3. The summed E-state index contributed by atoms with van der Waals surface area (Å²) in [6, 6.07) is 6.25. The Balaban J connectivity index is 1.05. The van der Waals surface area contributed by atoms with Crippen molar-refractivity contribution < 1.29 is 68.0 Å². The van der Waals surface area contributed by atoms with Crippen LogP contribution in [-0.2, 0) is 25.3 Å². The molecule has 1 aromatic rings. The first-order valence-corrected chi connectivity index (χ1v) is 20.4. The number of halogens is 9. The second kappa shape index (κ2) is 19.2. The lowest BCUT2D eigenvalue weighted by Crippen LogP contribution is -2.67. The molecule has 5 unspecified atom stereocenters. The molecule has 4 aliphatic rings. The van der Waals surface area contributed by atoms with Crippen molar-refractivity contribution in [3.8, 4) is 5.75 Å². The maximum absolute atomic E-state index is 13.4. The minimum atomic E-state index is -6.79. The van der Waals surface area contributed by atoms with Crippen LogP contribution in [-0.4, -0.2) is 151 Å². The van der Waals surface area contributed by atoms with E-state index in [-0.39, 0.29) is 49.2 Å². The Hall–Kier alpha value is -2.90. The van der Waals surface area contributed by atoms with Gasteiger partial charge in [0.1, 0.15) is 5.75 Å². The summed E-state index contributed by atoms with van der Waals surface area (Å²) in [5, 5.41) is 2.80. The monoisotopic (exact) mass is 867 g/mol. The summed E-state index contributed by atoms with van der Waals surface area (Å²) in [5.41, 5.74) is -3.94. The molecule has 3 fully saturated rings. The highest BCUT2D eigenvalue weighted by Crippen LogP contribution is 2.62. The van der Waals surface area contributed by atoms with Crippen LogP contribution in [0, 0.1) is 17.3 Å². The van der Waals surface area contributed by atoms with Gasteiger partial charge in [-0.05, 0) is 112 Å². The average molecular weight is 867 g/mol. The van der Waals surface area contributed by atoms with Crippen molar-refractivity contribution in [2.45, 2.75) is 113 Å². The SMILES string of the molecule is [B][B]OC1CC(CNC(=O)OCCCOc2ccc3c(c2)CCC2C3CC[C@@]3(C)C2CC[C@@H]3N(C)C(=O)CN(C)CCCOC(C(F)(F)F)(C(F)(F)F)C(F)(F)F)N(C)C1. The van der Waals surface area contributed by atoms with Gasteiger partial charge in [0, 0.05) is 51.8 Å². The molecule has 1 heterocycles. The predicted octanol–water partition coefficient (Wildman–Crippen LogP) is 6.42. The van der Waals surface area contributed by atoms with Gasteiger partial charge >= 0.3 is 30.2 Å². The third-order valence-corrected chi connectivity index (χ3v) is 13.3. The van der Waals surface area contributed by atoms with Gasteiger partial charge in [-0.2, -0.15) is 39.5 Å². The number of fused-ring (bicyclic) bond motifs is 5. The minimum Gasteiger partial charge on any atom is -0.493 e. The molecule has 0 aromatic heterocycles. The molecular weight excluding hydrogens is 813 g/mol. The van der Waals surface area contributed by atoms with E-state index in [1.165, 1.54) is 30.4 Å². The quantitative estimate of drug-likeness (QED) is 0.109. The Morgan fingerprint density at radius 3 is 2.33 bits per heavy atom. The van der Waals surface area contributed by atoms with Crippen molar-refractivity contribution in [3.05, 3.63) is 29.3 Å². The van der Waals surface area contributed by atoms with Gasteiger partial charge in [-0.25, -0.2) is 4.79 Å². The van der Waals surface area contributed by atoms with E-state index in [9.17, 15) is 49.1 Å². The lowest BCUT2D eigenvalue weighted by atomic mass is 9.55. The van der Waals surface area contributed by atoms with E-state index in [1.807, 2.05) is 13.1 Å². The Morgan fingerprint density at radius 1 is 0.967 bits per heavy atom. The van der Waals surface area contributed by atoms with Gasteiger partial charge in [-0.3, -0.25) is 14.6 Å². The Kier molecular flexibility index (Phi) is 15.4. The van der Waals surface area contributed by atoms with Crippen molar-refractivity contribution in [2.24, 2.45) is 17.3 Å². The smallest absolute Gasteiger partial charge is 0.435 e. The summed E-state index contributed by atoms with van der Waals surface area (Å²) in [6.45, 7) is 1.98. The first-order valence-electron chi connectivity index (χ1n) is 20.4. The van der Waals surface area contributed by atoms with E-state index in [4.69, 9.17) is 21.9 Å². The van der Waals surface area contributed by atoms with Crippen molar-refractivity contribution in [3.63, 3.8) is 0 Å². The summed E-state index contributed by atoms with van der Waals surface area (Å²) in [7, 11) is 11.6. The summed E-state index contributed by atoms with van der Waals surface area (Å²) >= 11 is 0. The molecule has 3 aliphatic carbocycles. The number of amides is 2. The lowest BCUT2D eigenvalue weighted by Gasteiger charge is -2.52. The molecule has 2 saturated carbocycles. The number of carbonyl (C=O) groups is 2. The Morgan fingerprint density at radius 2 is 1.67 bits per heavy atom. The molecule has 0 spiro atoms. The molecule has 335 valence electrons. The normalized spacial score (nSPS) is 27.2. The standard InChI is InChI=1S/C39H54B2F9N4O6/c1-35-14-13-29-28-10-8-26(57-16-6-17-58-34(56)51-21-25-20-27(60-41-40)22-53(25)3)19-24(28)7-9-30(29)31(35)11-12-32(35)54(4)33(55)23-52(2)15-5-18-59-36(37(42,43)44,38(45,46)47)39(48,49)50/h8,10,19,25,27,29-32H,5-7,9,11-18,20-23H2,1-4H3,(H,51,56)/t25?,27?,29?,30?,31?,32-,35-/m0/s1. The van der Waals surface area contributed by atoms with Gasteiger partial charge in [0.05, 0.1) is 33.6 Å². The van der Waals surface area contributed by atoms with E-state index in [2.05, 4.69) is 34.0 Å². The number of carbonyl (C=O) groups excluding carboxylic acids is 2. The summed E-state index contributed by atoms with van der Waals surface area (Å²) in [5.74, 6) is 1.56. The Bertz CT molecular complexity index is 1590. The molecule has 21 heteroatoms. The average Bonchev–Trinajstić information content (AvgIpc) is 3.69. The topological polar surface area (TPSA) is 92.8 Å². The van der Waals surface area contributed by atoms with Crippen molar-refractivity contribution >= 4 is 27.1 Å². The number of nitrogens with zero attached hydrogens (tertiary/aromatic N) is 3. The zero-order chi connectivity index (χ0) is 44.3. The number of alkyl carbamates (subject to hydrolysis) is 1. The van der Waals surface area contributed by atoms with Crippen LogP contribution in [0.4, 0.5) is 44.3 Å². The zero-order valence-electron chi connectivity index (χ0n) is 34.4. The molecule has 7 atom stereocenters. The fraction of sp³-hybridized carbons (Fsp3) is 0.795. The lowest BCUT2D eigenvalue weighted by molar-refractivity contribution is -0.457. The zero-order valence-corrected chi connectivity index (χ0v) is 34.4. The van der Waals surface area contributed by atoms with Gasteiger partial charge in [0.2, 0.25) is 13.3 Å². The molecule has 1 aliphatic heterocycles. The molecule has 2 amide bonds. The number of likely N-dealkylation sites (tertiary alicyclic amines) is 1. The molecule has 1 N–H and O–H groups in total. The first-order chi connectivity index (χ1) is 28.0. The highest BCUT2D eigenvalue weighted by molar-refractivity contribution is 6.85. The van der Waals surface area contributed by atoms with Crippen molar-refractivity contribution in [1.82, 2.24) is 20.0 Å². The van der Waals surface area contributed by atoms with Crippen molar-refractivity contribution in [1.29, 1.82) is 0 Å². The van der Waals surface area contributed by atoms with Crippen LogP contribution in [0.15, 0.2) is 18.2 Å². The van der Waals surface area contributed by atoms with Gasteiger partial charge < -0.3 is 29.1 Å². The molecular formula is C39H54B2F9N4O6. The third-order valence-electron chi connectivity index (χ3n) is 13.3. The van der Waals surface area contributed by atoms with E-state index < -0.39 is 43.3 Å². The number of aryl methyl sites for hydroxylation is 1. The molecule has 10 nitrogen and oxygen atoms in total. The molecule has 1 aromatic carbocycles. The van der Waals surface area contributed by atoms with Crippen molar-refractivity contribution in [2.75, 3.05) is 67.1 Å². The molecule has 1 saturated heterocycles. The van der Waals surface area contributed by atoms with E-state index >= 15 is 0 Å². The van der Waals surface area contributed by atoms with Gasteiger partial charge in [0.15, 0.2) is 0 Å². The summed E-state index contributed by atoms with van der Waals surface area (Å²) < 4.78 is 139. The summed E-state index contributed by atoms with van der Waals surface area (Å²) in [6.07, 6.45) is -14.9. The molecule has 3 radical (unpaired) electrons. The van der Waals surface area contributed by atoms with Crippen LogP contribution in [0.1, 0.15) is 75.3 Å². The maximum atomic E-state index is 13.4. The number of likely N-dealkylation sites (N-methyl/N-ethyl adjacent to an activating group) is 3. The van der Waals surface area contributed by atoms with Crippen LogP contribution in [0.5, 0.6) is 5.75 Å².